The quantitative estimate of drug-likeness (QED) is 0.579. The van der Waals surface area contributed by atoms with Gasteiger partial charge in [-0.2, -0.15) is 0 Å². The van der Waals surface area contributed by atoms with Crippen molar-refractivity contribution in [3.05, 3.63) is 46.7 Å². The summed E-state index contributed by atoms with van der Waals surface area (Å²) in [7, 11) is 0. The van der Waals surface area contributed by atoms with Crippen LogP contribution in [0.2, 0.25) is 0 Å². The van der Waals surface area contributed by atoms with Gasteiger partial charge in [-0.05, 0) is 26.7 Å². The molecule has 2 atom stereocenters. The van der Waals surface area contributed by atoms with Crippen LogP contribution < -0.4 is 0 Å². The normalized spacial score (nSPS) is 21.0. The average Bonchev–Trinajstić information content (AvgIpc) is 3.32. The molecule has 1 aliphatic carbocycles. The number of esters is 1. The largest absolute Gasteiger partial charge is 0.462 e. The van der Waals surface area contributed by atoms with E-state index in [2.05, 4.69) is 4.99 Å². The molecule has 0 amide bonds. The molecule has 0 unspecified atom stereocenters. The Morgan fingerprint density at radius 1 is 1.32 bits per heavy atom. The Morgan fingerprint density at radius 3 is 2.82 bits per heavy atom. The first-order valence-electron chi connectivity index (χ1n) is 9.67. The Balaban J connectivity index is 1.78. The Bertz CT molecular complexity index is 936. The van der Waals surface area contributed by atoms with Gasteiger partial charge in [0.15, 0.2) is 5.78 Å². The summed E-state index contributed by atoms with van der Waals surface area (Å²) in [5.41, 5.74) is 2.15. The molecule has 6 heteroatoms. The number of rotatable bonds is 5. The zero-order chi connectivity index (χ0) is 19.7. The third-order valence-electron chi connectivity index (χ3n) is 5.22. The summed E-state index contributed by atoms with van der Waals surface area (Å²) in [5, 5.41) is 0. The van der Waals surface area contributed by atoms with Crippen LogP contribution >= 0.6 is 0 Å². The van der Waals surface area contributed by atoms with E-state index in [9.17, 15) is 9.59 Å². The summed E-state index contributed by atoms with van der Waals surface area (Å²) in [4.78, 5) is 30.3. The van der Waals surface area contributed by atoms with Crippen LogP contribution in [0.1, 0.15) is 57.7 Å². The van der Waals surface area contributed by atoms with Gasteiger partial charge in [-0.1, -0.05) is 24.3 Å². The number of ketones is 1. The van der Waals surface area contributed by atoms with E-state index < -0.39 is 11.9 Å². The standard InChI is InChI=1S/C22H23NO5/c1-3-26-22(25)18-13(2)28-21-16-9-5-4-8-15(16)20(24)17(19(18)21)12-23-11-14-7-6-10-27-14/h4-5,8-9,12,14,17H,3,6-7,10-11H2,1-2H3/t14-,17-/m0/s1. The summed E-state index contributed by atoms with van der Waals surface area (Å²) in [6, 6.07) is 7.29. The number of hydrogen-bond acceptors (Lipinski definition) is 6. The van der Waals surface area contributed by atoms with Gasteiger partial charge in [-0.3, -0.25) is 9.79 Å². The summed E-state index contributed by atoms with van der Waals surface area (Å²) in [6.45, 7) is 4.99. The molecule has 1 fully saturated rings. The van der Waals surface area contributed by atoms with Crippen molar-refractivity contribution in [1.29, 1.82) is 0 Å². The summed E-state index contributed by atoms with van der Waals surface area (Å²) in [5.74, 6) is -0.252. The Labute approximate surface area is 163 Å². The molecule has 4 rings (SSSR count). The molecule has 0 bridgehead atoms. The highest BCUT2D eigenvalue weighted by Gasteiger charge is 2.39. The second-order valence-electron chi connectivity index (χ2n) is 7.03. The maximum absolute atomic E-state index is 13.2. The molecule has 2 heterocycles. The lowest BCUT2D eigenvalue weighted by Crippen LogP contribution is -2.23. The van der Waals surface area contributed by atoms with Crippen molar-refractivity contribution in [3.8, 4) is 11.3 Å². The highest BCUT2D eigenvalue weighted by atomic mass is 16.5. The van der Waals surface area contributed by atoms with Gasteiger partial charge in [0.1, 0.15) is 17.1 Å². The van der Waals surface area contributed by atoms with Crippen molar-refractivity contribution >= 4 is 18.0 Å². The second kappa shape index (κ2) is 7.72. The minimum Gasteiger partial charge on any atom is -0.462 e. The fourth-order valence-corrected chi connectivity index (χ4v) is 3.93. The van der Waals surface area contributed by atoms with Gasteiger partial charge in [0.25, 0.3) is 0 Å². The van der Waals surface area contributed by atoms with Gasteiger partial charge in [0.2, 0.25) is 0 Å². The molecule has 0 saturated carbocycles. The number of carbonyl (C=O) groups is 2. The fraction of sp³-hybridized carbons (Fsp3) is 0.409. The molecule has 2 aliphatic rings. The molecule has 0 radical (unpaired) electrons. The lowest BCUT2D eigenvalue weighted by Gasteiger charge is -2.21. The van der Waals surface area contributed by atoms with Crippen molar-refractivity contribution in [1.82, 2.24) is 0 Å². The van der Waals surface area contributed by atoms with E-state index in [0.29, 0.717) is 40.3 Å². The molecule has 0 N–H and O–H groups in total. The Morgan fingerprint density at radius 2 is 2.11 bits per heavy atom. The van der Waals surface area contributed by atoms with Crippen molar-refractivity contribution in [2.24, 2.45) is 4.99 Å². The van der Waals surface area contributed by atoms with E-state index >= 15 is 0 Å². The first-order valence-corrected chi connectivity index (χ1v) is 9.67. The maximum Gasteiger partial charge on any atom is 0.342 e. The monoisotopic (exact) mass is 381 g/mol. The SMILES string of the molecule is CCOC(=O)c1c(C)oc2c1[C@H](C=NC[C@@H]1CCCO1)C(=O)c1ccccc1-2. The number of ether oxygens (including phenoxy) is 2. The average molecular weight is 381 g/mol. The van der Waals surface area contributed by atoms with E-state index in [4.69, 9.17) is 13.9 Å². The molecule has 0 spiro atoms. The van der Waals surface area contributed by atoms with Gasteiger partial charge < -0.3 is 13.9 Å². The van der Waals surface area contributed by atoms with Crippen LogP contribution in [0.25, 0.3) is 11.3 Å². The Hall–Kier alpha value is -2.73. The number of carbonyl (C=O) groups excluding carboxylic acids is 2. The molecule has 1 aromatic carbocycles. The van der Waals surface area contributed by atoms with E-state index in [-0.39, 0.29) is 18.5 Å². The number of Topliss-reactive ketones (excluding diaryl/α,β-unsaturated/α-hetero) is 1. The molecule has 28 heavy (non-hydrogen) atoms. The molecule has 2 aromatic rings. The number of aryl methyl sites for hydroxylation is 1. The van der Waals surface area contributed by atoms with Crippen LogP contribution in [0.15, 0.2) is 33.7 Å². The fourth-order valence-electron chi connectivity index (χ4n) is 3.93. The first-order chi connectivity index (χ1) is 13.6. The first kappa shape index (κ1) is 18.6. The predicted molar refractivity (Wildman–Crippen MR) is 104 cm³/mol. The van der Waals surface area contributed by atoms with E-state index in [1.165, 1.54) is 0 Å². The van der Waals surface area contributed by atoms with E-state index in [1.807, 2.05) is 18.2 Å². The summed E-state index contributed by atoms with van der Waals surface area (Å²) in [6.07, 6.45) is 3.74. The molecular weight excluding hydrogens is 358 g/mol. The number of benzene rings is 1. The number of fused-ring (bicyclic) bond motifs is 3. The van der Waals surface area contributed by atoms with Crippen LogP contribution in [0, 0.1) is 6.92 Å². The maximum atomic E-state index is 13.2. The van der Waals surface area contributed by atoms with E-state index in [0.717, 1.165) is 19.4 Å². The minimum atomic E-state index is -0.678. The summed E-state index contributed by atoms with van der Waals surface area (Å²) < 4.78 is 16.8. The molecule has 1 saturated heterocycles. The molecule has 6 nitrogen and oxygen atoms in total. The minimum absolute atomic E-state index is 0.0921. The number of furan rings is 1. The highest BCUT2D eigenvalue weighted by molar-refractivity contribution is 6.18. The number of aliphatic imine (C=N–C) groups is 1. The predicted octanol–water partition coefficient (Wildman–Crippen LogP) is 3.96. The van der Waals surface area contributed by atoms with Crippen molar-refractivity contribution in [2.45, 2.75) is 38.7 Å². The second-order valence-corrected chi connectivity index (χ2v) is 7.03. The lowest BCUT2D eigenvalue weighted by molar-refractivity contribution is 0.0523. The summed E-state index contributed by atoms with van der Waals surface area (Å²) >= 11 is 0. The van der Waals surface area contributed by atoms with Crippen LogP contribution in [0.5, 0.6) is 0 Å². The zero-order valence-electron chi connectivity index (χ0n) is 16.1. The third kappa shape index (κ3) is 3.18. The van der Waals surface area contributed by atoms with Gasteiger partial charge in [-0.15, -0.1) is 0 Å². The van der Waals surface area contributed by atoms with Gasteiger partial charge in [0.05, 0.1) is 25.2 Å². The zero-order valence-corrected chi connectivity index (χ0v) is 16.1. The lowest BCUT2D eigenvalue weighted by atomic mass is 9.80. The van der Waals surface area contributed by atoms with Crippen LogP contribution in [0.3, 0.4) is 0 Å². The van der Waals surface area contributed by atoms with E-state index in [1.54, 1.807) is 26.1 Å². The van der Waals surface area contributed by atoms with Crippen LogP contribution in [-0.4, -0.2) is 43.8 Å². The van der Waals surface area contributed by atoms with Gasteiger partial charge in [-0.25, -0.2) is 4.79 Å². The smallest absolute Gasteiger partial charge is 0.342 e. The molecule has 146 valence electrons. The highest BCUT2D eigenvalue weighted by Crippen LogP contribution is 2.43. The van der Waals surface area contributed by atoms with Crippen LogP contribution in [-0.2, 0) is 9.47 Å². The van der Waals surface area contributed by atoms with Gasteiger partial charge >= 0.3 is 5.97 Å². The van der Waals surface area contributed by atoms with Crippen molar-refractivity contribution < 1.29 is 23.5 Å². The molecule has 1 aromatic heterocycles. The van der Waals surface area contributed by atoms with Gasteiger partial charge in [0, 0.05) is 29.5 Å². The van der Waals surface area contributed by atoms with Crippen molar-refractivity contribution in [3.63, 3.8) is 0 Å². The number of nitrogens with zero attached hydrogens (tertiary/aromatic N) is 1. The van der Waals surface area contributed by atoms with Crippen LogP contribution in [0.4, 0.5) is 0 Å². The molecular formula is C22H23NO5. The number of hydrogen-bond donors (Lipinski definition) is 0. The topological polar surface area (TPSA) is 78.1 Å². The Kier molecular flexibility index (Phi) is 5.13. The molecule has 1 aliphatic heterocycles. The van der Waals surface area contributed by atoms with Crippen molar-refractivity contribution in [2.75, 3.05) is 19.8 Å². The third-order valence-corrected chi connectivity index (χ3v) is 5.22.